The van der Waals surface area contributed by atoms with Crippen molar-refractivity contribution in [1.82, 2.24) is 10.2 Å². The zero-order valence-electron chi connectivity index (χ0n) is 14.7. The lowest BCUT2D eigenvalue weighted by molar-refractivity contribution is -0.126. The van der Waals surface area contributed by atoms with Crippen molar-refractivity contribution >= 4 is 11.6 Å². The van der Waals surface area contributed by atoms with Crippen LogP contribution in [0.3, 0.4) is 0 Å². The molecule has 1 fully saturated rings. The molecule has 134 valence electrons. The molecule has 0 aromatic heterocycles. The molecule has 1 aliphatic heterocycles. The molecule has 1 aromatic rings. The Bertz CT molecular complexity index is 499. The molecular weight excluding hydrogens is 306 g/mol. The zero-order chi connectivity index (χ0) is 17.4. The quantitative estimate of drug-likeness (QED) is 0.704. The van der Waals surface area contributed by atoms with Gasteiger partial charge in [0.15, 0.2) is 0 Å². The van der Waals surface area contributed by atoms with Crippen LogP contribution in [0.2, 0.25) is 0 Å². The van der Waals surface area contributed by atoms with Gasteiger partial charge in [0.1, 0.15) is 5.75 Å². The van der Waals surface area contributed by atoms with Gasteiger partial charge in [-0.15, -0.1) is 0 Å². The highest BCUT2D eigenvalue weighted by molar-refractivity contribution is 5.81. The third-order valence-electron chi connectivity index (χ3n) is 4.43. The molecule has 1 heterocycles. The van der Waals surface area contributed by atoms with Crippen molar-refractivity contribution < 1.29 is 14.6 Å². The molecule has 2 N–H and O–H groups in total. The van der Waals surface area contributed by atoms with Gasteiger partial charge in [0.05, 0.1) is 6.04 Å². The molecule has 0 saturated carbocycles. The fourth-order valence-electron chi connectivity index (χ4n) is 2.87. The summed E-state index contributed by atoms with van der Waals surface area (Å²) in [5.41, 5.74) is 1.11. The first-order chi connectivity index (χ1) is 11.6. The molecule has 0 spiro atoms. The molecule has 1 amide bonds. The van der Waals surface area contributed by atoms with Crippen LogP contribution in [0.1, 0.15) is 20.3 Å². The Morgan fingerprint density at radius 1 is 1.25 bits per heavy atom. The number of hydrogen-bond acceptors (Lipinski definition) is 5. The number of ether oxygens (including phenoxy) is 1. The van der Waals surface area contributed by atoms with Gasteiger partial charge in [-0.1, -0.05) is 0 Å². The normalized spacial score (nSPS) is 16.8. The molecular formula is C18H29N3O3. The molecule has 0 bridgehead atoms. The van der Waals surface area contributed by atoms with Crippen LogP contribution in [0.25, 0.3) is 0 Å². The highest BCUT2D eigenvalue weighted by Gasteiger charge is 2.25. The molecule has 1 atom stereocenters. The summed E-state index contributed by atoms with van der Waals surface area (Å²) in [6.45, 7) is 9.48. The topological polar surface area (TPSA) is 65.0 Å². The van der Waals surface area contributed by atoms with Gasteiger partial charge < -0.3 is 20.1 Å². The van der Waals surface area contributed by atoms with Gasteiger partial charge in [-0.2, -0.15) is 0 Å². The Hall–Kier alpha value is -1.79. The molecule has 6 nitrogen and oxygen atoms in total. The van der Waals surface area contributed by atoms with Crippen LogP contribution in [0.5, 0.6) is 5.75 Å². The Balaban J connectivity index is 1.72. The Morgan fingerprint density at radius 2 is 1.92 bits per heavy atom. The fourth-order valence-corrected chi connectivity index (χ4v) is 2.87. The van der Waals surface area contributed by atoms with Gasteiger partial charge >= 0.3 is 0 Å². The van der Waals surface area contributed by atoms with Crippen LogP contribution in [-0.4, -0.2) is 67.9 Å². The first-order valence-electron chi connectivity index (χ1n) is 8.75. The summed E-state index contributed by atoms with van der Waals surface area (Å²) in [6.07, 6.45) is 0.848. The van der Waals surface area contributed by atoms with Crippen LogP contribution in [0.15, 0.2) is 24.3 Å². The lowest BCUT2D eigenvalue weighted by Gasteiger charge is -2.38. The summed E-state index contributed by atoms with van der Waals surface area (Å²) >= 11 is 0. The van der Waals surface area contributed by atoms with Crippen LogP contribution in [-0.2, 0) is 9.53 Å². The van der Waals surface area contributed by atoms with Gasteiger partial charge in [0.2, 0.25) is 5.91 Å². The van der Waals surface area contributed by atoms with Gasteiger partial charge in [-0.3, -0.25) is 9.69 Å². The first-order valence-corrected chi connectivity index (χ1v) is 8.75. The number of anilines is 1. The minimum absolute atomic E-state index is 0.0876. The predicted octanol–water partition coefficient (Wildman–Crippen LogP) is 1.45. The molecule has 0 radical (unpaired) electrons. The average molecular weight is 335 g/mol. The molecule has 6 heteroatoms. The second-order valence-corrected chi connectivity index (χ2v) is 6.06. The summed E-state index contributed by atoms with van der Waals surface area (Å²) < 4.78 is 5.27. The SMILES string of the molecule is CCOCCCNC(=O)C(C)N1CCN(c2ccc(O)cc2)CC1. The maximum atomic E-state index is 12.2. The van der Waals surface area contributed by atoms with Crippen molar-refractivity contribution in [1.29, 1.82) is 0 Å². The summed E-state index contributed by atoms with van der Waals surface area (Å²) in [6, 6.07) is 7.16. The number of aromatic hydroxyl groups is 1. The standard InChI is InChI=1S/C18H29N3O3/c1-3-24-14-4-9-19-18(23)15(2)20-10-12-21(13-11-20)16-5-7-17(22)8-6-16/h5-8,15,22H,3-4,9-14H2,1-2H3,(H,19,23). The molecule has 24 heavy (non-hydrogen) atoms. The number of nitrogens with one attached hydrogen (secondary N) is 1. The Kier molecular flexibility index (Phi) is 7.34. The van der Waals surface area contributed by atoms with E-state index in [9.17, 15) is 9.90 Å². The predicted molar refractivity (Wildman–Crippen MR) is 95.5 cm³/mol. The van der Waals surface area contributed by atoms with Crippen LogP contribution in [0, 0.1) is 0 Å². The van der Waals surface area contributed by atoms with Crippen molar-refractivity contribution in [3.8, 4) is 5.75 Å². The van der Waals surface area contributed by atoms with Gasteiger partial charge in [0.25, 0.3) is 0 Å². The van der Waals surface area contributed by atoms with E-state index in [1.807, 2.05) is 26.0 Å². The first kappa shape index (κ1) is 18.5. The molecule has 0 aliphatic carbocycles. The third-order valence-corrected chi connectivity index (χ3v) is 4.43. The minimum atomic E-state index is -0.112. The Morgan fingerprint density at radius 3 is 2.54 bits per heavy atom. The number of carbonyl (C=O) groups is 1. The van der Waals surface area contributed by atoms with Crippen molar-refractivity contribution in [2.45, 2.75) is 26.3 Å². The number of piperazine rings is 1. The van der Waals surface area contributed by atoms with Crippen molar-refractivity contribution in [3.63, 3.8) is 0 Å². The maximum absolute atomic E-state index is 12.2. The number of nitrogens with zero attached hydrogens (tertiary/aromatic N) is 2. The van der Waals surface area contributed by atoms with Crippen LogP contribution >= 0.6 is 0 Å². The second kappa shape index (κ2) is 9.49. The highest BCUT2D eigenvalue weighted by atomic mass is 16.5. The van der Waals surface area contributed by atoms with Crippen LogP contribution in [0.4, 0.5) is 5.69 Å². The minimum Gasteiger partial charge on any atom is -0.508 e. The highest BCUT2D eigenvalue weighted by Crippen LogP contribution is 2.20. The Labute approximate surface area is 144 Å². The lowest BCUT2D eigenvalue weighted by Crippen LogP contribution is -2.54. The maximum Gasteiger partial charge on any atom is 0.237 e. The van der Waals surface area contributed by atoms with Crippen molar-refractivity contribution in [3.05, 3.63) is 24.3 Å². The summed E-state index contributed by atoms with van der Waals surface area (Å²) in [7, 11) is 0. The van der Waals surface area contributed by atoms with E-state index in [2.05, 4.69) is 15.1 Å². The molecule has 2 rings (SSSR count). The molecule has 1 unspecified atom stereocenters. The van der Waals surface area contributed by atoms with Gasteiger partial charge in [0, 0.05) is 51.6 Å². The molecule has 1 aliphatic rings. The van der Waals surface area contributed by atoms with E-state index in [1.54, 1.807) is 12.1 Å². The number of phenolic OH excluding ortho intramolecular Hbond substituents is 1. The number of carbonyl (C=O) groups excluding carboxylic acids is 1. The number of amides is 1. The third kappa shape index (κ3) is 5.39. The number of rotatable bonds is 8. The largest absolute Gasteiger partial charge is 0.508 e. The summed E-state index contributed by atoms with van der Waals surface area (Å²) in [5, 5.41) is 12.4. The number of hydrogen-bond donors (Lipinski definition) is 2. The fraction of sp³-hybridized carbons (Fsp3) is 0.611. The van der Waals surface area contributed by atoms with E-state index in [4.69, 9.17) is 4.74 Å². The van der Waals surface area contributed by atoms with E-state index < -0.39 is 0 Å². The van der Waals surface area contributed by atoms with E-state index >= 15 is 0 Å². The van der Waals surface area contributed by atoms with Crippen molar-refractivity contribution in [2.24, 2.45) is 0 Å². The van der Waals surface area contributed by atoms with E-state index in [-0.39, 0.29) is 17.7 Å². The molecule has 1 saturated heterocycles. The number of phenols is 1. The zero-order valence-corrected chi connectivity index (χ0v) is 14.7. The monoisotopic (exact) mass is 335 g/mol. The summed E-state index contributed by atoms with van der Waals surface area (Å²) in [4.78, 5) is 16.7. The molecule has 1 aromatic carbocycles. The summed E-state index contributed by atoms with van der Waals surface area (Å²) in [5.74, 6) is 0.372. The van der Waals surface area contributed by atoms with E-state index in [0.717, 1.165) is 44.9 Å². The lowest BCUT2D eigenvalue weighted by atomic mass is 10.2. The van der Waals surface area contributed by atoms with Crippen LogP contribution < -0.4 is 10.2 Å². The second-order valence-electron chi connectivity index (χ2n) is 6.06. The van der Waals surface area contributed by atoms with E-state index in [1.165, 1.54) is 0 Å². The average Bonchev–Trinajstić information content (AvgIpc) is 2.61. The smallest absolute Gasteiger partial charge is 0.237 e. The van der Waals surface area contributed by atoms with Gasteiger partial charge in [-0.25, -0.2) is 0 Å². The van der Waals surface area contributed by atoms with Crippen molar-refractivity contribution in [2.75, 3.05) is 50.8 Å². The van der Waals surface area contributed by atoms with E-state index in [0.29, 0.717) is 13.2 Å². The van der Waals surface area contributed by atoms with Gasteiger partial charge in [-0.05, 0) is 44.5 Å². The number of benzene rings is 1.